The topological polar surface area (TPSA) is 89.1 Å². The molecule has 136 valence electrons. The first-order chi connectivity index (χ1) is 12.5. The Morgan fingerprint density at radius 3 is 2.73 bits per heavy atom. The minimum atomic E-state index is -0.0844. The van der Waals surface area contributed by atoms with E-state index in [9.17, 15) is 4.79 Å². The average molecular weight is 354 g/mol. The number of carbonyl (C=O) groups excluding carboxylic acids is 1. The fourth-order valence-electron chi connectivity index (χ4n) is 2.60. The summed E-state index contributed by atoms with van der Waals surface area (Å²) in [5, 5.41) is 10.6. The molecule has 26 heavy (non-hydrogen) atoms. The van der Waals surface area contributed by atoms with E-state index in [4.69, 9.17) is 4.52 Å². The second kappa shape index (κ2) is 7.92. The maximum Gasteiger partial charge on any atom is 0.226 e. The van der Waals surface area contributed by atoms with Crippen LogP contribution in [0, 0.1) is 6.92 Å². The van der Waals surface area contributed by atoms with Crippen molar-refractivity contribution in [3.05, 3.63) is 54.3 Å². The third kappa shape index (κ3) is 4.34. The highest BCUT2D eigenvalue weighted by molar-refractivity contribution is 5.89. The van der Waals surface area contributed by atoms with Crippen molar-refractivity contribution < 1.29 is 9.32 Å². The molecule has 1 unspecified atom stereocenters. The normalized spacial score (nSPS) is 12.3. The van der Waals surface area contributed by atoms with Crippen LogP contribution < -0.4 is 5.32 Å². The van der Waals surface area contributed by atoms with Crippen LogP contribution in [0.2, 0.25) is 0 Å². The van der Waals surface area contributed by atoms with Crippen molar-refractivity contribution in [2.24, 2.45) is 0 Å². The molecule has 2 aromatic heterocycles. The van der Waals surface area contributed by atoms with E-state index < -0.39 is 0 Å². The van der Waals surface area contributed by atoms with E-state index in [1.807, 2.05) is 19.2 Å². The van der Waals surface area contributed by atoms with E-state index in [0.29, 0.717) is 24.5 Å². The van der Waals surface area contributed by atoms with Gasteiger partial charge in [-0.25, -0.2) is 9.67 Å². The Morgan fingerprint density at radius 2 is 2.12 bits per heavy atom. The van der Waals surface area contributed by atoms with Gasteiger partial charge in [0.05, 0.1) is 5.69 Å². The number of rotatable bonds is 7. The maximum absolute atomic E-state index is 12.0. The van der Waals surface area contributed by atoms with Crippen molar-refractivity contribution in [3.8, 4) is 5.69 Å². The largest absolute Gasteiger partial charge is 0.360 e. The molecule has 0 aliphatic rings. The molecule has 1 aromatic carbocycles. The number of nitrogens with one attached hydrogen (secondary N) is 1. The number of aromatic nitrogens is 4. The third-order valence-corrected chi connectivity index (χ3v) is 4.31. The summed E-state index contributed by atoms with van der Waals surface area (Å²) in [6.07, 6.45) is 3.55. The Kier molecular flexibility index (Phi) is 5.43. The summed E-state index contributed by atoms with van der Waals surface area (Å²) < 4.78 is 6.65. The van der Waals surface area contributed by atoms with Gasteiger partial charge in [0.25, 0.3) is 0 Å². The van der Waals surface area contributed by atoms with E-state index in [2.05, 4.69) is 44.5 Å². The van der Waals surface area contributed by atoms with Crippen LogP contribution in [0.15, 0.2) is 47.5 Å². The lowest BCUT2D eigenvalue weighted by Crippen LogP contribution is -2.27. The highest BCUT2D eigenvalue weighted by atomic mass is 16.5. The van der Waals surface area contributed by atoms with E-state index in [1.165, 1.54) is 11.9 Å². The summed E-state index contributed by atoms with van der Waals surface area (Å²) in [5.74, 6) is 1.03. The molecule has 0 bridgehead atoms. The molecule has 0 fully saturated rings. The Balaban J connectivity index is 1.52. The summed E-state index contributed by atoms with van der Waals surface area (Å²) in [5.41, 5.74) is 2.13. The van der Waals surface area contributed by atoms with Crippen molar-refractivity contribution in [2.75, 3.05) is 18.9 Å². The molecule has 3 rings (SSSR count). The van der Waals surface area contributed by atoms with Gasteiger partial charge in [-0.05, 0) is 38.6 Å². The quantitative estimate of drug-likeness (QED) is 0.701. The lowest BCUT2D eigenvalue weighted by atomic mass is 10.1. The van der Waals surface area contributed by atoms with Crippen molar-refractivity contribution in [1.29, 1.82) is 0 Å². The molecule has 0 spiro atoms. The molecule has 8 heteroatoms. The van der Waals surface area contributed by atoms with Crippen LogP contribution in [0.3, 0.4) is 0 Å². The summed E-state index contributed by atoms with van der Waals surface area (Å²) in [7, 11) is 2.00. The van der Waals surface area contributed by atoms with E-state index in [0.717, 1.165) is 5.69 Å². The predicted octanol–water partition coefficient (Wildman–Crippen LogP) is 2.59. The monoisotopic (exact) mass is 354 g/mol. The van der Waals surface area contributed by atoms with E-state index >= 15 is 0 Å². The van der Waals surface area contributed by atoms with Gasteiger partial charge in [0.15, 0.2) is 5.82 Å². The molecule has 1 amide bonds. The van der Waals surface area contributed by atoms with Crippen molar-refractivity contribution in [2.45, 2.75) is 26.3 Å². The van der Waals surface area contributed by atoms with Gasteiger partial charge in [0, 0.05) is 25.1 Å². The van der Waals surface area contributed by atoms with Crippen molar-refractivity contribution in [1.82, 2.24) is 24.8 Å². The number of nitrogens with zero attached hydrogens (tertiary/aromatic N) is 5. The zero-order valence-electron chi connectivity index (χ0n) is 15.1. The number of hydrogen-bond acceptors (Lipinski definition) is 6. The molecule has 0 aliphatic heterocycles. The Labute approximate surface area is 151 Å². The SMILES string of the molecule is Cc1cc(NC(=O)CCN(C)C(C)c2ccc(-n3cncn3)cc2)no1. The molecule has 1 atom stereocenters. The van der Waals surface area contributed by atoms with Crippen LogP contribution in [0.25, 0.3) is 5.69 Å². The van der Waals surface area contributed by atoms with E-state index in [-0.39, 0.29) is 11.9 Å². The molecular weight excluding hydrogens is 332 g/mol. The van der Waals surface area contributed by atoms with Gasteiger partial charge in [-0.1, -0.05) is 17.3 Å². The minimum Gasteiger partial charge on any atom is -0.360 e. The van der Waals surface area contributed by atoms with Gasteiger partial charge >= 0.3 is 0 Å². The Hall–Kier alpha value is -3.00. The van der Waals surface area contributed by atoms with Gasteiger partial charge in [-0.2, -0.15) is 5.10 Å². The van der Waals surface area contributed by atoms with Crippen LogP contribution in [0.1, 0.15) is 30.7 Å². The molecule has 0 radical (unpaired) electrons. The Morgan fingerprint density at radius 1 is 1.35 bits per heavy atom. The van der Waals surface area contributed by atoms with Gasteiger partial charge in [-0.3, -0.25) is 9.69 Å². The number of carbonyl (C=O) groups is 1. The summed E-state index contributed by atoms with van der Waals surface area (Å²) >= 11 is 0. The summed E-state index contributed by atoms with van der Waals surface area (Å²) in [4.78, 5) is 18.1. The molecule has 1 N–H and O–H groups in total. The number of anilines is 1. The van der Waals surface area contributed by atoms with Crippen molar-refractivity contribution >= 4 is 11.7 Å². The van der Waals surface area contributed by atoms with Gasteiger partial charge in [0.1, 0.15) is 18.4 Å². The molecular formula is C18H22N6O2. The average Bonchev–Trinajstić information content (AvgIpc) is 3.31. The number of hydrogen-bond donors (Lipinski definition) is 1. The van der Waals surface area contributed by atoms with Gasteiger partial charge < -0.3 is 9.84 Å². The highest BCUT2D eigenvalue weighted by Crippen LogP contribution is 2.20. The molecule has 8 nitrogen and oxygen atoms in total. The van der Waals surface area contributed by atoms with Crippen LogP contribution >= 0.6 is 0 Å². The van der Waals surface area contributed by atoms with Gasteiger partial charge in [0.2, 0.25) is 5.91 Å². The molecule has 0 saturated carbocycles. The smallest absolute Gasteiger partial charge is 0.226 e. The third-order valence-electron chi connectivity index (χ3n) is 4.31. The van der Waals surface area contributed by atoms with Crippen LogP contribution in [-0.2, 0) is 4.79 Å². The predicted molar refractivity (Wildman–Crippen MR) is 96.9 cm³/mol. The first kappa shape index (κ1) is 17.8. The molecule has 0 aliphatic carbocycles. The first-order valence-electron chi connectivity index (χ1n) is 8.41. The highest BCUT2D eigenvalue weighted by Gasteiger charge is 2.14. The lowest BCUT2D eigenvalue weighted by molar-refractivity contribution is -0.116. The zero-order chi connectivity index (χ0) is 18.5. The van der Waals surface area contributed by atoms with Gasteiger partial charge in [-0.15, -0.1) is 0 Å². The minimum absolute atomic E-state index is 0.0844. The Bertz CT molecular complexity index is 841. The standard InChI is InChI=1S/C18H22N6O2/c1-13-10-17(22-26-13)21-18(25)8-9-23(3)14(2)15-4-6-16(7-5-15)24-12-19-11-20-24/h4-7,10-12,14H,8-9H2,1-3H3,(H,21,22,25). The number of aryl methyl sites for hydroxylation is 1. The van der Waals surface area contributed by atoms with Crippen LogP contribution in [0.5, 0.6) is 0 Å². The first-order valence-corrected chi connectivity index (χ1v) is 8.41. The van der Waals surface area contributed by atoms with E-state index in [1.54, 1.807) is 24.0 Å². The summed E-state index contributed by atoms with van der Waals surface area (Å²) in [6.45, 7) is 4.53. The molecule has 3 aromatic rings. The molecule has 2 heterocycles. The number of amides is 1. The zero-order valence-corrected chi connectivity index (χ0v) is 15.1. The summed E-state index contributed by atoms with van der Waals surface area (Å²) in [6, 6.07) is 10.0. The fourth-order valence-corrected chi connectivity index (χ4v) is 2.60. The second-order valence-electron chi connectivity index (χ2n) is 6.21. The van der Waals surface area contributed by atoms with Crippen LogP contribution in [0.4, 0.5) is 5.82 Å². The van der Waals surface area contributed by atoms with Crippen LogP contribution in [-0.4, -0.2) is 44.3 Å². The maximum atomic E-state index is 12.0. The fraction of sp³-hybridized carbons (Fsp3) is 0.333. The second-order valence-corrected chi connectivity index (χ2v) is 6.21. The number of benzene rings is 1. The lowest BCUT2D eigenvalue weighted by Gasteiger charge is -2.25. The molecule has 0 saturated heterocycles. The van der Waals surface area contributed by atoms with Crippen molar-refractivity contribution in [3.63, 3.8) is 0 Å².